The maximum atomic E-state index is 13.4. The van der Waals surface area contributed by atoms with E-state index in [4.69, 9.17) is 21.9 Å². The van der Waals surface area contributed by atoms with Crippen molar-refractivity contribution in [2.24, 2.45) is 5.92 Å². The number of carbonyl (C=O) groups is 2. The molecule has 0 radical (unpaired) electrons. The number of esters is 1. The molecule has 4 heterocycles. The number of thiocarbonyl (C=S) groups is 1. The maximum absolute atomic E-state index is 13.4. The first-order valence-corrected chi connectivity index (χ1v) is 12.0. The van der Waals surface area contributed by atoms with Crippen molar-refractivity contribution >= 4 is 57.7 Å². The van der Waals surface area contributed by atoms with Gasteiger partial charge < -0.3 is 9.64 Å². The SMILES string of the molecule is C=CCN1C(=O)/C(=C/c2c(N3CCC(C(=O)OCC)CC3)nc3ccccn3c2=O)SC1=S. The zero-order chi connectivity index (χ0) is 23.5. The molecule has 2 aromatic rings. The summed E-state index contributed by atoms with van der Waals surface area (Å²) in [6.45, 7) is 7.24. The van der Waals surface area contributed by atoms with Crippen LogP contribution < -0.4 is 10.5 Å². The Morgan fingerprint density at radius 3 is 2.79 bits per heavy atom. The first-order valence-electron chi connectivity index (χ1n) is 10.7. The molecule has 4 rings (SSSR count). The molecule has 0 aromatic carbocycles. The number of pyridine rings is 1. The van der Waals surface area contributed by atoms with Gasteiger partial charge in [0.25, 0.3) is 11.5 Å². The molecule has 2 saturated heterocycles. The van der Waals surface area contributed by atoms with Crippen molar-refractivity contribution in [1.82, 2.24) is 14.3 Å². The molecule has 10 heteroatoms. The molecule has 0 bridgehead atoms. The lowest BCUT2D eigenvalue weighted by Gasteiger charge is -2.32. The standard InChI is InChI=1S/C23H24N4O4S2/c1-3-10-27-21(29)17(33-23(27)32)14-16-19(24-18-7-5-6-11-26(18)20(16)28)25-12-8-15(9-13-25)22(30)31-4-2/h3,5-7,11,14-15H,1,4,8-10,12-13H2,2H3/b17-14-. The minimum absolute atomic E-state index is 0.165. The molecule has 2 aromatic heterocycles. The highest BCUT2D eigenvalue weighted by Gasteiger charge is 2.33. The molecule has 2 fully saturated rings. The van der Waals surface area contributed by atoms with Crippen LogP contribution in [0.2, 0.25) is 0 Å². The minimum atomic E-state index is -0.267. The molecule has 8 nitrogen and oxygen atoms in total. The fourth-order valence-electron chi connectivity index (χ4n) is 3.96. The van der Waals surface area contributed by atoms with E-state index in [0.29, 0.717) is 65.3 Å². The van der Waals surface area contributed by atoms with E-state index < -0.39 is 0 Å². The van der Waals surface area contributed by atoms with Crippen molar-refractivity contribution in [2.45, 2.75) is 19.8 Å². The normalized spacial score (nSPS) is 18.4. The van der Waals surface area contributed by atoms with Gasteiger partial charge in [0.1, 0.15) is 15.8 Å². The number of thioether (sulfide) groups is 1. The zero-order valence-electron chi connectivity index (χ0n) is 18.2. The van der Waals surface area contributed by atoms with Crippen molar-refractivity contribution in [3.05, 3.63) is 57.9 Å². The average Bonchev–Trinajstić information content (AvgIpc) is 3.09. The molecule has 0 unspecified atom stereocenters. The second-order valence-corrected chi connectivity index (χ2v) is 9.35. The van der Waals surface area contributed by atoms with Crippen LogP contribution >= 0.6 is 24.0 Å². The van der Waals surface area contributed by atoms with Gasteiger partial charge in [0, 0.05) is 25.8 Å². The van der Waals surface area contributed by atoms with Crippen molar-refractivity contribution in [2.75, 3.05) is 31.1 Å². The highest BCUT2D eigenvalue weighted by atomic mass is 32.2. The molecule has 1 amide bonds. The Morgan fingerprint density at radius 1 is 1.33 bits per heavy atom. The summed E-state index contributed by atoms with van der Waals surface area (Å²) in [5, 5.41) is 0. The van der Waals surface area contributed by atoms with Crippen molar-refractivity contribution in [1.29, 1.82) is 0 Å². The van der Waals surface area contributed by atoms with Crippen LogP contribution in [-0.4, -0.2) is 56.7 Å². The van der Waals surface area contributed by atoms with Gasteiger partial charge in [-0.3, -0.25) is 23.7 Å². The molecule has 2 aliphatic rings. The topological polar surface area (TPSA) is 84.2 Å². The molecule has 0 aliphatic carbocycles. The molecule has 2 aliphatic heterocycles. The van der Waals surface area contributed by atoms with Crippen LogP contribution in [0.25, 0.3) is 11.7 Å². The summed E-state index contributed by atoms with van der Waals surface area (Å²) in [5.74, 6) is -0.104. The summed E-state index contributed by atoms with van der Waals surface area (Å²) < 4.78 is 7.05. The summed E-state index contributed by atoms with van der Waals surface area (Å²) in [5.41, 5.74) is 0.575. The van der Waals surface area contributed by atoms with E-state index in [2.05, 4.69) is 6.58 Å². The summed E-state index contributed by atoms with van der Waals surface area (Å²) >= 11 is 6.49. The Morgan fingerprint density at radius 2 is 2.09 bits per heavy atom. The zero-order valence-corrected chi connectivity index (χ0v) is 19.9. The summed E-state index contributed by atoms with van der Waals surface area (Å²) in [4.78, 5) is 47.0. The Bertz CT molecular complexity index is 1210. The van der Waals surface area contributed by atoms with E-state index in [9.17, 15) is 14.4 Å². The van der Waals surface area contributed by atoms with E-state index in [0.717, 1.165) is 11.8 Å². The van der Waals surface area contributed by atoms with Crippen LogP contribution in [0, 0.1) is 5.92 Å². The fourth-order valence-corrected chi connectivity index (χ4v) is 5.22. The number of fused-ring (bicyclic) bond motifs is 1. The quantitative estimate of drug-likeness (QED) is 0.268. The lowest BCUT2D eigenvalue weighted by atomic mass is 9.96. The highest BCUT2D eigenvalue weighted by Crippen LogP contribution is 2.34. The number of amides is 1. The summed E-state index contributed by atoms with van der Waals surface area (Å²) in [6.07, 6.45) is 6.07. The van der Waals surface area contributed by atoms with Gasteiger partial charge in [-0.15, -0.1) is 6.58 Å². The van der Waals surface area contributed by atoms with Crippen LogP contribution in [0.5, 0.6) is 0 Å². The number of ether oxygens (including phenoxy) is 1. The van der Waals surface area contributed by atoms with Crippen LogP contribution in [0.4, 0.5) is 5.82 Å². The first kappa shape index (κ1) is 23.2. The number of nitrogens with zero attached hydrogens (tertiary/aromatic N) is 4. The molecule has 0 N–H and O–H groups in total. The number of hydrogen-bond donors (Lipinski definition) is 0. The first-order chi connectivity index (χ1) is 15.9. The van der Waals surface area contributed by atoms with E-state index >= 15 is 0 Å². The predicted molar refractivity (Wildman–Crippen MR) is 133 cm³/mol. The van der Waals surface area contributed by atoms with E-state index in [1.165, 1.54) is 9.30 Å². The number of anilines is 1. The average molecular weight is 485 g/mol. The Hall–Kier alpha value is -2.98. The fraction of sp³-hybridized carbons (Fsp3) is 0.348. The van der Waals surface area contributed by atoms with Gasteiger partial charge in [-0.1, -0.05) is 36.1 Å². The lowest BCUT2D eigenvalue weighted by molar-refractivity contribution is -0.148. The van der Waals surface area contributed by atoms with Gasteiger partial charge in [0.05, 0.1) is 23.0 Å². The molecule has 33 heavy (non-hydrogen) atoms. The van der Waals surface area contributed by atoms with E-state index in [1.807, 2.05) is 11.0 Å². The Kier molecular flexibility index (Phi) is 6.94. The second kappa shape index (κ2) is 9.88. The van der Waals surface area contributed by atoms with E-state index in [-0.39, 0.29) is 23.4 Å². The molecule has 0 atom stereocenters. The number of hydrogen-bond acceptors (Lipinski definition) is 8. The van der Waals surface area contributed by atoms with Gasteiger partial charge in [-0.05, 0) is 38.0 Å². The van der Waals surface area contributed by atoms with Crippen molar-refractivity contribution < 1.29 is 14.3 Å². The van der Waals surface area contributed by atoms with Gasteiger partial charge in [0.2, 0.25) is 0 Å². The minimum Gasteiger partial charge on any atom is -0.466 e. The summed E-state index contributed by atoms with van der Waals surface area (Å²) in [7, 11) is 0. The van der Waals surface area contributed by atoms with Crippen LogP contribution in [0.3, 0.4) is 0 Å². The van der Waals surface area contributed by atoms with Gasteiger partial charge in [-0.2, -0.15) is 0 Å². The van der Waals surface area contributed by atoms with Crippen molar-refractivity contribution in [3.8, 4) is 0 Å². The largest absolute Gasteiger partial charge is 0.466 e. The Labute approximate surface area is 200 Å². The second-order valence-electron chi connectivity index (χ2n) is 7.68. The predicted octanol–water partition coefficient (Wildman–Crippen LogP) is 2.86. The van der Waals surface area contributed by atoms with E-state index in [1.54, 1.807) is 37.4 Å². The highest BCUT2D eigenvalue weighted by molar-refractivity contribution is 8.26. The third-order valence-corrected chi connectivity index (χ3v) is 7.00. The number of piperidine rings is 1. The number of carbonyl (C=O) groups excluding carboxylic acids is 2. The summed E-state index contributed by atoms with van der Waals surface area (Å²) in [6, 6.07) is 5.34. The molecule has 0 saturated carbocycles. The van der Waals surface area contributed by atoms with Crippen LogP contribution in [0.1, 0.15) is 25.3 Å². The number of rotatable bonds is 6. The monoisotopic (exact) mass is 484 g/mol. The molecular formula is C23H24N4O4S2. The Balaban J connectivity index is 1.73. The van der Waals surface area contributed by atoms with Crippen molar-refractivity contribution in [3.63, 3.8) is 0 Å². The van der Waals surface area contributed by atoms with Gasteiger partial charge in [0.15, 0.2) is 0 Å². The third kappa shape index (κ3) is 4.58. The smallest absolute Gasteiger partial charge is 0.309 e. The number of aromatic nitrogens is 2. The third-order valence-electron chi connectivity index (χ3n) is 5.62. The molecule has 0 spiro atoms. The van der Waals surface area contributed by atoms with Gasteiger partial charge in [-0.25, -0.2) is 4.98 Å². The lowest BCUT2D eigenvalue weighted by Crippen LogP contribution is -2.39. The van der Waals surface area contributed by atoms with Crippen LogP contribution in [0.15, 0.2) is 46.8 Å². The van der Waals surface area contributed by atoms with Gasteiger partial charge >= 0.3 is 5.97 Å². The van der Waals surface area contributed by atoms with Crippen LogP contribution in [-0.2, 0) is 14.3 Å². The maximum Gasteiger partial charge on any atom is 0.309 e. The molecule has 172 valence electrons. The molecular weight excluding hydrogens is 460 g/mol.